The number of benzene rings is 2. The van der Waals surface area contributed by atoms with Gasteiger partial charge < -0.3 is 4.90 Å². The first-order valence-corrected chi connectivity index (χ1v) is 10.3. The molecule has 0 N–H and O–H groups in total. The van der Waals surface area contributed by atoms with Crippen LogP contribution in [0.1, 0.15) is 23.5 Å². The van der Waals surface area contributed by atoms with Crippen molar-refractivity contribution in [3.63, 3.8) is 0 Å². The highest BCUT2D eigenvalue weighted by atomic mass is 32.1. The fourth-order valence-electron chi connectivity index (χ4n) is 3.69. The number of para-hydroxylation sites is 1. The van der Waals surface area contributed by atoms with Crippen molar-refractivity contribution in [1.29, 1.82) is 0 Å². The Kier molecular flexibility index (Phi) is 5.37. The van der Waals surface area contributed by atoms with Crippen molar-refractivity contribution < 1.29 is 18.1 Å². The summed E-state index contributed by atoms with van der Waals surface area (Å²) < 4.78 is 39.9. The molecule has 3 aromatic rings. The number of hydrogen-bond acceptors (Lipinski definition) is 6. The second kappa shape index (κ2) is 7.84. The molecule has 1 atom stereocenters. The van der Waals surface area contributed by atoms with E-state index in [4.69, 9.17) is 4.98 Å². The van der Waals surface area contributed by atoms with Gasteiger partial charge in [-0.2, -0.15) is 13.2 Å². The van der Waals surface area contributed by atoms with Crippen molar-refractivity contribution in [3.8, 4) is 0 Å². The number of nitro groups is 1. The number of fused-ring (bicyclic) bond motifs is 1. The molecule has 1 unspecified atom stereocenters. The molecule has 158 valence electrons. The highest BCUT2D eigenvalue weighted by Gasteiger charge is 2.34. The van der Waals surface area contributed by atoms with Gasteiger partial charge in [-0.05, 0) is 31.2 Å². The SMILES string of the molecule is CC(c1nc2ccccc2s1)N1CCN(c2ccc(C(F)(F)F)cc2[N+](=O)[O-])CC1. The van der Waals surface area contributed by atoms with Gasteiger partial charge in [0.15, 0.2) is 0 Å². The summed E-state index contributed by atoms with van der Waals surface area (Å²) in [5.74, 6) is 0. The van der Waals surface area contributed by atoms with Crippen molar-refractivity contribution >= 4 is 32.9 Å². The van der Waals surface area contributed by atoms with Crippen molar-refractivity contribution in [2.24, 2.45) is 0 Å². The molecule has 1 saturated heterocycles. The Morgan fingerprint density at radius 1 is 1.13 bits per heavy atom. The van der Waals surface area contributed by atoms with Gasteiger partial charge in [-0.25, -0.2) is 4.98 Å². The van der Waals surface area contributed by atoms with Crippen LogP contribution in [0.5, 0.6) is 0 Å². The third kappa shape index (κ3) is 3.97. The van der Waals surface area contributed by atoms with Crippen LogP contribution >= 0.6 is 11.3 Å². The van der Waals surface area contributed by atoms with Crippen LogP contribution in [0, 0.1) is 10.1 Å². The number of thiazole rings is 1. The van der Waals surface area contributed by atoms with E-state index in [1.54, 1.807) is 16.2 Å². The van der Waals surface area contributed by atoms with E-state index in [0.29, 0.717) is 32.2 Å². The Hall–Kier alpha value is -2.72. The average molecular weight is 436 g/mol. The number of hydrogen-bond donors (Lipinski definition) is 0. The lowest BCUT2D eigenvalue weighted by Gasteiger charge is -2.38. The van der Waals surface area contributed by atoms with E-state index in [1.165, 1.54) is 6.07 Å². The lowest BCUT2D eigenvalue weighted by Crippen LogP contribution is -2.47. The van der Waals surface area contributed by atoms with Gasteiger partial charge in [0, 0.05) is 32.2 Å². The molecule has 2 heterocycles. The topological polar surface area (TPSA) is 62.5 Å². The summed E-state index contributed by atoms with van der Waals surface area (Å²) >= 11 is 1.64. The van der Waals surface area contributed by atoms with Crippen LogP contribution in [0.4, 0.5) is 24.5 Å². The molecule has 0 amide bonds. The molecule has 10 heteroatoms. The minimum atomic E-state index is -4.62. The zero-order chi connectivity index (χ0) is 21.5. The third-order valence-electron chi connectivity index (χ3n) is 5.37. The molecule has 0 radical (unpaired) electrons. The molecule has 1 aromatic heterocycles. The molecule has 1 aliphatic rings. The molecular formula is C20H19F3N4O2S. The predicted molar refractivity (Wildman–Crippen MR) is 110 cm³/mol. The predicted octanol–water partition coefficient (Wildman–Crippen LogP) is 5.11. The van der Waals surface area contributed by atoms with E-state index >= 15 is 0 Å². The van der Waals surface area contributed by atoms with E-state index in [2.05, 4.69) is 11.8 Å². The maximum Gasteiger partial charge on any atom is 0.416 e. The third-order valence-corrected chi connectivity index (χ3v) is 6.58. The highest BCUT2D eigenvalue weighted by Crippen LogP contribution is 2.37. The number of piperazine rings is 1. The van der Waals surface area contributed by atoms with Gasteiger partial charge in [-0.1, -0.05) is 12.1 Å². The van der Waals surface area contributed by atoms with Gasteiger partial charge in [0.2, 0.25) is 0 Å². The fourth-order valence-corrected chi connectivity index (χ4v) is 4.74. The Labute approximate surface area is 174 Å². The Balaban J connectivity index is 1.49. The smallest absolute Gasteiger partial charge is 0.363 e. The van der Waals surface area contributed by atoms with Crippen LogP contribution < -0.4 is 4.90 Å². The number of aromatic nitrogens is 1. The summed E-state index contributed by atoms with van der Waals surface area (Å²) in [6, 6.07) is 10.7. The van der Waals surface area contributed by atoms with E-state index in [9.17, 15) is 23.3 Å². The largest absolute Gasteiger partial charge is 0.416 e. The van der Waals surface area contributed by atoms with Crippen molar-refractivity contribution in [1.82, 2.24) is 9.88 Å². The number of alkyl halides is 3. The van der Waals surface area contributed by atoms with Crippen molar-refractivity contribution in [3.05, 3.63) is 63.1 Å². The van der Waals surface area contributed by atoms with Crippen LogP contribution in [0.25, 0.3) is 10.2 Å². The van der Waals surface area contributed by atoms with Crippen molar-refractivity contribution in [2.75, 3.05) is 31.1 Å². The van der Waals surface area contributed by atoms with Crippen LogP contribution in [0.2, 0.25) is 0 Å². The maximum absolute atomic E-state index is 12.9. The number of nitro benzene ring substituents is 1. The summed E-state index contributed by atoms with van der Waals surface area (Å²) in [7, 11) is 0. The maximum atomic E-state index is 12.9. The minimum absolute atomic E-state index is 0.0899. The fraction of sp³-hybridized carbons (Fsp3) is 0.350. The molecule has 6 nitrogen and oxygen atoms in total. The lowest BCUT2D eigenvalue weighted by molar-refractivity contribution is -0.384. The quantitative estimate of drug-likeness (QED) is 0.420. The van der Waals surface area contributed by atoms with Gasteiger partial charge in [0.1, 0.15) is 10.7 Å². The standard InChI is InChI=1S/C20H19F3N4O2S/c1-13(19-24-15-4-2-3-5-18(15)30-19)25-8-10-26(11-9-25)16-7-6-14(20(21,22)23)12-17(16)27(28)29/h2-7,12-13H,8-11H2,1H3. The minimum Gasteiger partial charge on any atom is -0.363 e. The number of halogens is 3. The second-order valence-corrected chi connectivity index (χ2v) is 8.24. The molecule has 0 bridgehead atoms. The summed E-state index contributed by atoms with van der Waals surface area (Å²) in [4.78, 5) is 19.4. The van der Waals surface area contributed by atoms with Gasteiger partial charge in [-0.15, -0.1) is 11.3 Å². The summed E-state index contributed by atoms with van der Waals surface area (Å²) in [5, 5.41) is 12.4. The van der Waals surface area contributed by atoms with E-state index in [0.717, 1.165) is 21.3 Å². The Bertz CT molecular complexity index is 1040. The Morgan fingerprint density at radius 2 is 1.83 bits per heavy atom. The molecule has 2 aromatic carbocycles. The normalized spacial score (nSPS) is 16.7. The van der Waals surface area contributed by atoms with Gasteiger partial charge in [0.05, 0.1) is 26.7 Å². The summed E-state index contributed by atoms with van der Waals surface area (Å²) in [5.41, 5.74) is -0.345. The first kappa shape index (κ1) is 20.5. The summed E-state index contributed by atoms with van der Waals surface area (Å²) in [6.07, 6.45) is -4.62. The molecule has 0 spiro atoms. The van der Waals surface area contributed by atoms with Gasteiger partial charge in [-0.3, -0.25) is 15.0 Å². The number of nitrogens with zero attached hydrogens (tertiary/aromatic N) is 4. The molecular weight excluding hydrogens is 417 g/mol. The molecule has 1 fully saturated rings. The molecule has 0 aliphatic carbocycles. The first-order chi connectivity index (χ1) is 14.2. The lowest BCUT2D eigenvalue weighted by atomic mass is 10.1. The number of rotatable bonds is 4. The highest BCUT2D eigenvalue weighted by molar-refractivity contribution is 7.18. The van der Waals surface area contributed by atoms with Crippen LogP contribution in [-0.4, -0.2) is 41.0 Å². The molecule has 1 aliphatic heterocycles. The number of anilines is 1. The first-order valence-electron chi connectivity index (χ1n) is 9.44. The van der Waals surface area contributed by atoms with E-state index < -0.39 is 22.4 Å². The second-order valence-electron chi connectivity index (χ2n) is 7.18. The zero-order valence-corrected chi connectivity index (χ0v) is 16.9. The van der Waals surface area contributed by atoms with E-state index in [-0.39, 0.29) is 11.7 Å². The molecule has 30 heavy (non-hydrogen) atoms. The Morgan fingerprint density at radius 3 is 2.47 bits per heavy atom. The van der Waals surface area contributed by atoms with Crippen molar-refractivity contribution in [2.45, 2.75) is 19.1 Å². The van der Waals surface area contributed by atoms with Crippen LogP contribution in [-0.2, 0) is 6.18 Å². The molecule has 0 saturated carbocycles. The molecule has 4 rings (SSSR count). The van der Waals surface area contributed by atoms with Gasteiger partial charge >= 0.3 is 6.18 Å². The van der Waals surface area contributed by atoms with Crippen LogP contribution in [0.3, 0.4) is 0 Å². The summed E-state index contributed by atoms with van der Waals surface area (Å²) in [6.45, 7) is 4.32. The van der Waals surface area contributed by atoms with E-state index in [1.807, 2.05) is 24.3 Å². The van der Waals surface area contributed by atoms with Gasteiger partial charge in [0.25, 0.3) is 5.69 Å². The zero-order valence-electron chi connectivity index (χ0n) is 16.1. The average Bonchev–Trinajstić information content (AvgIpc) is 3.16. The van der Waals surface area contributed by atoms with Crippen LogP contribution in [0.15, 0.2) is 42.5 Å². The monoisotopic (exact) mass is 436 g/mol.